The van der Waals surface area contributed by atoms with Crippen molar-refractivity contribution in [3.63, 3.8) is 0 Å². The minimum atomic E-state index is 0. The fourth-order valence-corrected chi connectivity index (χ4v) is 15.4. The molecule has 10 aromatic heterocycles. The first-order valence-electron chi connectivity index (χ1n) is 47.2. The summed E-state index contributed by atoms with van der Waals surface area (Å²) in [6.07, 6.45) is 16.1. The van der Waals surface area contributed by atoms with Gasteiger partial charge in [-0.15, -0.1) is 251 Å². The average molecular weight is 2590 g/mol. The van der Waals surface area contributed by atoms with E-state index < -0.39 is 0 Å². The minimum absolute atomic E-state index is 0. The maximum atomic E-state index is 5.97. The van der Waals surface area contributed by atoms with Gasteiger partial charge in [0.1, 0.15) is 11.2 Å². The molecule has 10 heterocycles. The van der Waals surface area contributed by atoms with Crippen LogP contribution in [0.15, 0.2) is 435 Å². The van der Waals surface area contributed by atoms with Crippen molar-refractivity contribution in [2.24, 2.45) is 5.92 Å². The van der Waals surface area contributed by atoms with Crippen LogP contribution in [0.5, 0.6) is 0 Å². The summed E-state index contributed by atoms with van der Waals surface area (Å²) in [5.74, 6) is 0.677. The average Bonchev–Trinajstić information content (AvgIpc) is 1.62. The molecule has 14 heteroatoms. The number of aromatic nitrogens is 8. The van der Waals surface area contributed by atoms with Crippen molar-refractivity contribution >= 4 is 43.9 Å². The molecule has 0 N–H and O–H groups in total. The zero-order chi connectivity index (χ0) is 97.6. The van der Waals surface area contributed by atoms with Crippen molar-refractivity contribution in [3.8, 4) is 112 Å². The molecule has 10 nitrogen and oxygen atoms in total. The number of furan rings is 2. The third kappa shape index (κ3) is 31.0. The number of aryl methyl sites for hydroxylation is 2. The Labute approximate surface area is 903 Å². The van der Waals surface area contributed by atoms with E-state index in [1.165, 1.54) is 55.6 Å². The van der Waals surface area contributed by atoms with Crippen LogP contribution in [0.2, 0.25) is 0 Å². The standard InChI is InChI=1S/C21H20N.C18H14N.2C17H10NO.3C15H16N.C12H10N.4Ir/c1-21(2,3)19-12-13-22-20(15-19)18-11-7-10-17(14-18)16-8-5-4-6-9-16;1-14-10-11-18(19-13-14)17-9-5-8-16(12-17)15-6-3-2-4-7-15;2*1-2-10-16-12(6-1)13-7-5-8-14(17(13)19-16)15-9-3-4-11-18-15;1-15(2,3)13-9-10-16-14(11-13)12-7-5-4-6-8-12;1-15(2,3)13-9-10-14(16-11-13)12-7-5-4-6-8-12;1-12(2)10-13-8-9-15(16-11-13)14-6-4-3-5-7-14;1-10-7-8-12(13-9-10)11-5-3-2-4-6-11;;;;/h4-10,12-15H,1-3H3;2-8,10-13H,1H3;2*1-7,9-11H;2*4-7,9-11H,1-3H3;3-6,8-9,11-12H,10H2,1-2H3;2-5,7-9H,1H3;;;;/q8*-1;;;;. The summed E-state index contributed by atoms with van der Waals surface area (Å²) in [5, 5.41) is 4.47. The first kappa shape index (κ1) is 110. The van der Waals surface area contributed by atoms with Gasteiger partial charge in [0, 0.05) is 141 Å². The molecule has 22 aromatic rings. The molecular formula is C130H112Ir4N8O2-8. The second-order valence-corrected chi connectivity index (χ2v) is 37.3. The van der Waals surface area contributed by atoms with Gasteiger partial charge in [-0.25, -0.2) is 0 Å². The summed E-state index contributed by atoms with van der Waals surface area (Å²) in [4.78, 5) is 35.4. The van der Waals surface area contributed by atoms with Crippen molar-refractivity contribution in [1.29, 1.82) is 0 Å². The van der Waals surface area contributed by atoms with Crippen molar-refractivity contribution in [2.75, 3.05) is 0 Å². The Balaban J connectivity index is 0.000000157. The van der Waals surface area contributed by atoms with Crippen LogP contribution < -0.4 is 0 Å². The van der Waals surface area contributed by atoms with Gasteiger partial charge in [-0.1, -0.05) is 280 Å². The second-order valence-electron chi connectivity index (χ2n) is 37.3. The van der Waals surface area contributed by atoms with Gasteiger partial charge in [0.25, 0.3) is 0 Å². The smallest absolute Gasteiger partial charge is 0.120 e. The van der Waals surface area contributed by atoms with Crippen LogP contribution in [0.1, 0.15) is 110 Å². The molecule has 0 unspecified atom stereocenters. The first-order valence-corrected chi connectivity index (χ1v) is 47.2. The molecule has 12 aromatic carbocycles. The van der Waals surface area contributed by atoms with Gasteiger partial charge in [-0.2, -0.15) is 0 Å². The van der Waals surface area contributed by atoms with Crippen LogP contribution in [-0.2, 0) is 103 Å². The molecule has 0 fully saturated rings. The number of nitrogens with zero attached hydrogens (tertiary/aromatic N) is 8. The van der Waals surface area contributed by atoms with E-state index in [-0.39, 0.29) is 96.7 Å². The zero-order valence-electron chi connectivity index (χ0n) is 82.9. The third-order valence-electron chi connectivity index (χ3n) is 23.0. The predicted molar refractivity (Wildman–Crippen MR) is 578 cm³/mol. The molecule has 144 heavy (non-hydrogen) atoms. The Morgan fingerprint density at radius 2 is 0.583 bits per heavy atom. The Hall–Kier alpha value is -14.0. The second kappa shape index (κ2) is 53.9. The normalized spacial score (nSPS) is 10.7. The zero-order valence-corrected chi connectivity index (χ0v) is 92.5. The van der Waals surface area contributed by atoms with E-state index in [1.807, 2.05) is 282 Å². The number of pyridine rings is 8. The molecule has 0 saturated heterocycles. The Bertz CT molecular complexity index is 7470. The number of hydrogen-bond donors (Lipinski definition) is 0. The predicted octanol–water partition coefficient (Wildman–Crippen LogP) is 33.2. The Morgan fingerprint density at radius 3 is 0.944 bits per heavy atom. The molecule has 0 bridgehead atoms. The third-order valence-corrected chi connectivity index (χ3v) is 23.0. The van der Waals surface area contributed by atoms with Crippen LogP contribution in [0, 0.1) is 68.3 Å². The molecular weight excluding hydrogens is 2470 g/mol. The molecule has 0 atom stereocenters. The summed E-state index contributed by atoms with van der Waals surface area (Å²) >= 11 is 0. The number of rotatable bonds is 12. The van der Waals surface area contributed by atoms with E-state index in [0.29, 0.717) is 5.92 Å². The number of fused-ring (bicyclic) bond motifs is 6. The monoisotopic (exact) mass is 2590 g/mol. The molecule has 22 rings (SSSR count). The fourth-order valence-electron chi connectivity index (χ4n) is 15.4. The van der Waals surface area contributed by atoms with Crippen molar-refractivity contribution in [1.82, 2.24) is 39.9 Å². The quantitative estimate of drug-likeness (QED) is 0.109. The van der Waals surface area contributed by atoms with E-state index in [2.05, 4.69) is 310 Å². The summed E-state index contributed by atoms with van der Waals surface area (Å²) in [6, 6.07) is 151. The number of para-hydroxylation sites is 2. The first-order chi connectivity index (χ1) is 68.0. The van der Waals surface area contributed by atoms with Crippen molar-refractivity contribution in [3.05, 3.63) is 508 Å². The van der Waals surface area contributed by atoms with E-state index in [0.717, 1.165) is 140 Å². The Kier molecular flexibility index (Phi) is 41.4. The summed E-state index contributed by atoms with van der Waals surface area (Å²) in [6.45, 7) is 28.4. The van der Waals surface area contributed by atoms with Gasteiger partial charge in [-0.05, 0) is 169 Å². The SMILES string of the molecule is CC(C)(C)c1ccc(-c2[c-]cccc2)nc1.CC(C)(C)c1ccnc(-c2[c-]ccc(-c3ccccc3)c2)c1.CC(C)(C)c1ccnc(-c2[c-]cccc2)c1.CC(C)Cc1ccc(-c2[c-]cccc2)nc1.Cc1ccc(-c2[c-]ccc(-c3ccccc3)c2)nc1.Cc1ccc(-c2[c-]cccc2)nc1.[Ir].[Ir].[Ir].[Ir].[c-]1ccc2c(oc3ccccc32)c1-c1ccccn1.[c-]1ccc2c(oc3ccccc32)c1-c1ccccn1. The molecule has 0 aliphatic carbocycles. The van der Waals surface area contributed by atoms with Crippen LogP contribution >= 0.6 is 0 Å². The number of hydrogen-bond acceptors (Lipinski definition) is 10. The minimum Gasteiger partial charge on any atom is -0.501 e. The number of benzene rings is 12. The van der Waals surface area contributed by atoms with Crippen LogP contribution in [0.4, 0.5) is 0 Å². The molecule has 0 spiro atoms. The maximum absolute atomic E-state index is 5.97. The van der Waals surface area contributed by atoms with E-state index in [9.17, 15) is 0 Å². The Morgan fingerprint density at radius 1 is 0.243 bits per heavy atom. The van der Waals surface area contributed by atoms with Crippen LogP contribution in [0.3, 0.4) is 0 Å². The van der Waals surface area contributed by atoms with E-state index in [1.54, 1.807) is 12.4 Å². The summed E-state index contributed by atoms with van der Waals surface area (Å²) < 4.78 is 11.9. The van der Waals surface area contributed by atoms with E-state index >= 15 is 0 Å². The topological polar surface area (TPSA) is 129 Å². The van der Waals surface area contributed by atoms with Gasteiger partial charge in [0.2, 0.25) is 0 Å². The molecule has 728 valence electrons. The summed E-state index contributed by atoms with van der Waals surface area (Å²) in [7, 11) is 0. The van der Waals surface area contributed by atoms with Gasteiger partial charge < -0.3 is 48.7 Å². The van der Waals surface area contributed by atoms with Crippen molar-refractivity contribution in [2.45, 2.75) is 113 Å². The van der Waals surface area contributed by atoms with Crippen LogP contribution in [0.25, 0.3) is 156 Å². The molecule has 4 radical (unpaired) electrons. The summed E-state index contributed by atoms with van der Waals surface area (Å²) in [5.41, 5.74) is 32.0. The largest absolute Gasteiger partial charge is 0.501 e. The maximum Gasteiger partial charge on any atom is 0.120 e. The van der Waals surface area contributed by atoms with Gasteiger partial charge in [0.05, 0.1) is 11.2 Å². The molecule has 0 saturated carbocycles. The van der Waals surface area contributed by atoms with Crippen molar-refractivity contribution < 1.29 is 89.3 Å². The van der Waals surface area contributed by atoms with E-state index in [4.69, 9.17) is 8.83 Å². The van der Waals surface area contributed by atoms with Gasteiger partial charge in [-0.3, -0.25) is 0 Å². The molecule has 0 aliphatic heterocycles. The van der Waals surface area contributed by atoms with Crippen LogP contribution in [-0.4, -0.2) is 39.9 Å². The fraction of sp³-hybridized carbons (Fsp3) is 0.138. The van der Waals surface area contributed by atoms with Gasteiger partial charge >= 0.3 is 0 Å². The molecule has 0 aliphatic rings. The van der Waals surface area contributed by atoms with Gasteiger partial charge in [0.15, 0.2) is 0 Å². The molecule has 0 amide bonds.